The van der Waals surface area contributed by atoms with Gasteiger partial charge in [-0.25, -0.2) is 4.79 Å². The quantitative estimate of drug-likeness (QED) is 0.921. The van der Waals surface area contributed by atoms with E-state index in [4.69, 9.17) is 9.47 Å². The first-order valence-electron chi connectivity index (χ1n) is 8.30. The number of para-hydroxylation sites is 2. The van der Waals surface area contributed by atoms with Crippen molar-refractivity contribution in [3.8, 4) is 11.5 Å². The Labute approximate surface area is 141 Å². The van der Waals surface area contributed by atoms with E-state index in [2.05, 4.69) is 29.1 Å². The summed E-state index contributed by atoms with van der Waals surface area (Å²) >= 11 is 0. The number of ether oxygens (including phenoxy) is 2. The number of aromatic nitrogens is 1. The maximum absolute atomic E-state index is 12.5. The van der Waals surface area contributed by atoms with Crippen molar-refractivity contribution in [3.63, 3.8) is 0 Å². The zero-order valence-electron chi connectivity index (χ0n) is 13.6. The number of urea groups is 1. The van der Waals surface area contributed by atoms with Gasteiger partial charge in [-0.3, -0.25) is 0 Å². The maximum atomic E-state index is 12.5. The summed E-state index contributed by atoms with van der Waals surface area (Å²) in [4.78, 5) is 14.4. The van der Waals surface area contributed by atoms with Crippen LogP contribution in [0.2, 0.25) is 0 Å². The molecule has 0 spiro atoms. The molecule has 2 aliphatic heterocycles. The Hall–Kier alpha value is -2.63. The summed E-state index contributed by atoms with van der Waals surface area (Å²) in [7, 11) is 0. The molecule has 0 bridgehead atoms. The Kier molecular flexibility index (Phi) is 3.80. The second kappa shape index (κ2) is 6.11. The fourth-order valence-electron chi connectivity index (χ4n) is 3.32. The molecule has 6 heteroatoms. The highest BCUT2D eigenvalue weighted by atomic mass is 16.6. The Morgan fingerprint density at radius 3 is 2.92 bits per heavy atom. The fourth-order valence-corrected chi connectivity index (χ4v) is 3.32. The Balaban J connectivity index is 1.35. The normalized spacial score (nSPS) is 22.0. The zero-order chi connectivity index (χ0) is 16.5. The lowest BCUT2D eigenvalue weighted by molar-refractivity contribution is 0.0884. The van der Waals surface area contributed by atoms with Gasteiger partial charge in [-0.05, 0) is 31.2 Å². The van der Waals surface area contributed by atoms with Gasteiger partial charge in [0.05, 0.1) is 12.6 Å². The molecule has 0 saturated carbocycles. The van der Waals surface area contributed by atoms with Crippen molar-refractivity contribution < 1.29 is 14.3 Å². The van der Waals surface area contributed by atoms with Gasteiger partial charge in [-0.15, -0.1) is 0 Å². The van der Waals surface area contributed by atoms with Crippen molar-refractivity contribution in [1.29, 1.82) is 0 Å². The minimum atomic E-state index is -0.173. The average molecular weight is 327 g/mol. The van der Waals surface area contributed by atoms with E-state index >= 15 is 0 Å². The molecule has 126 valence electrons. The lowest BCUT2D eigenvalue weighted by atomic mass is 10.1. The van der Waals surface area contributed by atoms with E-state index in [9.17, 15) is 4.79 Å². The van der Waals surface area contributed by atoms with Crippen molar-refractivity contribution in [1.82, 2.24) is 14.8 Å². The maximum Gasteiger partial charge on any atom is 0.318 e. The molecule has 0 aliphatic carbocycles. The number of hydrogen-bond donors (Lipinski definition) is 1. The molecular weight excluding hydrogens is 306 g/mol. The van der Waals surface area contributed by atoms with E-state index in [1.807, 2.05) is 35.2 Å². The molecule has 2 aliphatic rings. The largest absolute Gasteiger partial charge is 0.486 e. The number of benzene rings is 1. The lowest BCUT2D eigenvalue weighted by Crippen LogP contribution is -2.49. The molecule has 2 aromatic rings. The molecule has 2 unspecified atom stereocenters. The predicted molar refractivity (Wildman–Crippen MR) is 89.3 cm³/mol. The summed E-state index contributed by atoms with van der Waals surface area (Å²) < 4.78 is 13.8. The van der Waals surface area contributed by atoms with Crippen LogP contribution in [-0.4, -0.2) is 41.3 Å². The predicted octanol–water partition coefficient (Wildman–Crippen LogP) is 2.41. The minimum Gasteiger partial charge on any atom is -0.486 e. The summed E-state index contributed by atoms with van der Waals surface area (Å²) in [5, 5.41) is 2.98. The number of fused-ring (bicyclic) bond motifs is 2. The molecule has 3 heterocycles. The molecule has 2 atom stereocenters. The molecular formula is C18H21N3O3. The van der Waals surface area contributed by atoms with E-state index in [1.165, 1.54) is 5.69 Å². The molecule has 0 fully saturated rings. The van der Waals surface area contributed by atoms with Crippen LogP contribution in [0.25, 0.3) is 0 Å². The lowest BCUT2D eigenvalue weighted by Gasteiger charge is -2.35. The fraction of sp³-hybridized carbons (Fsp3) is 0.389. The SMILES string of the molecule is CC1c2cccn2CCN1C(=O)NCC1COc2ccccc2O1. The molecule has 1 N–H and O–H groups in total. The standard InChI is InChI=1S/C18H21N3O3/c1-13-15-5-4-8-20(15)9-10-21(13)18(22)19-11-14-12-23-16-6-2-3-7-17(16)24-14/h2-8,13-14H,9-12H2,1H3,(H,19,22). The number of amides is 2. The highest BCUT2D eigenvalue weighted by Gasteiger charge is 2.28. The third kappa shape index (κ3) is 2.68. The smallest absolute Gasteiger partial charge is 0.318 e. The van der Waals surface area contributed by atoms with Gasteiger partial charge in [0.25, 0.3) is 0 Å². The van der Waals surface area contributed by atoms with Crippen LogP contribution < -0.4 is 14.8 Å². The number of nitrogens with one attached hydrogen (secondary N) is 1. The van der Waals surface area contributed by atoms with E-state index in [0.717, 1.165) is 18.0 Å². The average Bonchev–Trinajstić information content (AvgIpc) is 3.09. The van der Waals surface area contributed by atoms with Gasteiger partial charge in [-0.1, -0.05) is 12.1 Å². The first kappa shape index (κ1) is 14.9. The van der Waals surface area contributed by atoms with Gasteiger partial charge in [0.15, 0.2) is 17.6 Å². The summed E-state index contributed by atoms with van der Waals surface area (Å²) in [5.74, 6) is 1.48. The van der Waals surface area contributed by atoms with E-state index in [-0.39, 0.29) is 18.2 Å². The Morgan fingerprint density at radius 1 is 1.21 bits per heavy atom. The van der Waals surface area contributed by atoms with Crippen molar-refractivity contribution >= 4 is 6.03 Å². The topological polar surface area (TPSA) is 55.7 Å². The highest BCUT2D eigenvalue weighted by molar-refractivity contribution is 5.74. The molecule has 1 aromatic carbocycles. The molecule has 6 nitrogen and oxygen atoms in total. The van der Waals surface area contributed by atoms with Gasteiger partial charge < -0.3 is 24.3 Å². The summed E-state index contributed by atoms with van der Waals surface area (Å²) in [6.07, 6.45) is 1.89. The van der Waals surface area contributed by atoms with Crippen LogP contribution in [0.15, 0.2) is 42.6 Å². The minimum absolute atomic E-state index is 0.0580. The van der Waals surface area contributed by atoms with Gasteiger partial charge in [0.2, 0.25) is 0 Å². The summed E-state index contributed by atoms with van der Waals surface area (Å²) in [6.45, 7) is 4.46. The summed E-state index contributed by atoms with van der Waals surface area (Å²) in [6, 6.07) is 11.7. The third-order valence-corrected chi connectivity index (χ3v) is 4.65. The second-order valence-corrected chi connectivity index (χ2v) is 6.18. The van der Waals surface area contributed by atoms with Gasteiger partial charge in [0.1, 0.15) is 6.61 Å². The van der Waals surface area contributed by atoms with Gasteiger partial charge in [-0.2, -0.15) is 0 Å². The molecule has 1 aromatic heterocycles. The van der Waals surface area contributed by atoms with E-state index in [0.29, 0.717) is 19.7 Å². The molecule has 2 amide bonds. The molecule has 0 radical (unpaired) electrons. The first-order valence-corrected chi connectivity index (χ1v) is 8.30. The van der Waals surface area contributed by atoms with Gasteiger partial charge in [0, 0.05) is 25.0 Å². The van der Waals surface area contributed by atoms with Crippen LogP contribution in [0.5, 0.6) is 11.5 Å². The van der Waals surface area contributed by atoms with Crippen LogP contribution in [0.3, 0.4) is 0 Å². The van der Waals surface area contributed by atoms with Gasteiger partial charge >= 0.3 is 6.03 Å². The zero-order valence-corrected chi connectivity index (χ0v) is 13.6. The monoisotopic (exact) mass is 327 g/mol. The Morgan fingerprint density at radius 2 is 2.04 bits per heavy atom. The molecule has 0 saturated heterocycles. The third-order valence-electron chi connectivity index (χ3n) is 4.65. The number of rotatable bonds is 2. The first-order chi connectivity index (χ1) is 11.7. The van der Waals surface area contributed by atoms with Crippen LogP contribution in [0, 0.1) is 0 Å². The second-order valence-electron chi connectivity index (χ2n) is 6.18. The van der Waals surface area contributed by atoms with Crippen LogP contribution in [0.1, 0.15) is 18.7 Å². The molecule has 24 heavy (non-hydrogen) atoms. The van der Waals surface area contributed by atoms with E-state index < -0.39 is 0 Å². The van der Waals surface area contributed by atoms with Crippen molar-refractivity contribution in [3.05, 3.63) is 48.3 Å². The number of nitrogens with zero attached hydrogens (tertiary/aromatic N) is 2. The molecule has 4 rings (SSSR count). The number of hydrogen-bond acceptors (Lipinski definition) is 3. The highest BCUT2D eigenvalue weighted by Crippen LogP contribution is 2.30. The van der Waals surface area contributed by atoms with Crippen molar-refractivity contribution in [2.24, 2.45) is 0 Å². The van der Waals surface area contributed by atoms with Crippen LogP contribution in [0.4, 0.5) is 4.79 Å². The van der Waals surface area contributed by atoms with Crippen molar-refractivity contribution in [2.75, 3.05) is 19.7 Å². The van der Waals surface area contributed by atoms with Crippen LogP contribution in [-0.2, 0) is 6.54 Å². The number of carbonyl (C=O) groups excluding carboxylic acids is 1. The Bertz CT molecular complexity index is 743. The van der Waals surface area contributed by atoms with Crippen LogP contribution >= 0.6 is 0 Å². The number of carbonyl (C=O) groups is 1. The van der Waals surface area contributed by atoms with E-state index in [1.54, 1.807) is 0 Å². The summed E-state index contributed by atoms with van der Waals surface area (Å²) in [5.41, 5.74) is 1.17. The van der Waals surface area contributed by atoms with Crippen molar-refractivity contribution in [2.45, 2.75) is 25.6 Å².